The fourth-order valence-corrected chi connectivity index (χ4v) is 4.09. The maximum atomic E-state index is 6.06. The van der Waals surface area contributed by atoms with Gasteiger partial charge >= 0.3 is 0 Å². The molecular formula is C17H24N2O2. The number of nitrogens with zero attached hydrogens (tertiary/aromatic N) is 1. The highest BCUT2D eigenvalue weighted by Gasteiger charge is 2.42. The fraction of sp³-hybridized carbons (Fsp3) is 0.647. The van der Waals surface area contributed by atoms with Crippen LogP contribution in [0, 0.1) is 0 Å². The van der Waals surface area contributed by atoms with Crippen LogP contribution in [-0.2, 0) is 22.4 Å². The third-order valence-corrected chi connectivity index (χ3v) is 5.32. The largest absolute Gasteiger partial charge is 0.399 e. The molecule has 1 aromatic carbocycles. The van der Waals surface area contributed by atoms with Crippen LogP contribution in [0.25, 0.3) is 0 Å². The Bertz CT molecular complexity index is 526. The lowest BCUT2D eigenvalue weighted by atomic mass is 9.87. The molecule has 114 valence electrons. The molecule has 2 fully saturated rings. The molecule has 4 nitrogen and oxygen atoms in total. The van der Waals surface area contributed by atoms with Crippen molar-refractivity contribution in [1.29, 1.82) is 0 Å². The maximum absolute atomic E-state index is 6.06. The summed E-state index contributed by atoms with van der Waals surface area (Å²) in [5, 5.41) is 0. The van der Waals surface area contributed by atoms with Crippen LogP contribution in [0.4, 0.5) is 5.69 Å². The summed E-state index contributed by atoms with van der Waals surface area (Å²) in [6.45, 7) is 4.68. The van der Waals surface area contributed by atoms with Gasteiger partial charge in [0.25, 0.3) is 0 Å². The van der Waals surface area contributed by atoms with Crippen LogP contribution in [-0.4, -0.2) is 42.9 Å². The summed E-state index contributed by atoms with van der Waals surface area (Å²) in [5.74, 6) is 0. The molecule has 0 radical (unpaired) electrons. The molecule has 0 amide bonds. The van der Waals surface area contributed by atoms with Crippen LogP contribution in [0.15, 0.2) is 18.2 Å². The Balaban J connectivity index is 1.49. The van der Waals surface area contributed by atoms with Crippen molar-refractivity contribution in [3.63, 3.8) is 0 Å². The minimum absolute atomic E-state index is 0.00108. The van der Waals surface area contributed by atoms with Crippen LogP contribution >= 0.6 is 0 Å². The summed E-state index contributed by atoms with van der Waals surface area (Å²) in [6, 6.07) is 6.98. The van der Waals surface area contributed by atoms with E-state index in [-0.39, 0.29) is 5.60 Å². The van der Waals surface area contributed by atoms with E-state index in [4.69, 9.17) is 15.2 Å². The summed E-state index contributed by atoms with van der Waals surface area (Å²) < 4.78 is 11.6. The number of ether oxygens (including phenoxy) is 2. The highest BCUT2D eigenvalue weighted by molar-refractivity contribution is 5.45. The monoisotopic (exact) mass is 288 g/mol. The van der Waals surface area contributed by atoms with Crippen LogP contribution in [0.3, 0.4) is 0 Å². The molecule has 0 aromatic heterocycles. The van der Waals surface area contributed by atoms with Crippen LogP contribution in [0.2, 0.25) is 0 Å². The normalized spacial score (nSPS) is 33.2. The summed E-state index contributed by atoms with van der Waals surface area (Å²) in [6.07, 6.45) is 4.45. The van der Waals surface area contributed by atoms with E-state index < -0.39 is 0 Å². The summed E-state index contributed by atoms with van der Waals surface area (Å²) in [5.41, 5.74) is 9.69. The second-order valence-electron chi connectivity index (χ2n) is 6.73. The first-order valence-corrected chi connectivity index (χ1v) is 8.07. The Morgan fingerprint density at radius 3 is 3.05 bits per heavy atom. The van der Waals surface area contributed by atoms with Crippen molar-refractivity contribution in [3.05, 3.63) is 29.3 Å². The Hall–Kier alpha value is -1.10. The standard InChI is InChI=1S/C17H24N2O2/c18-15-2-1-13-3-6-19(11-14(13)9-15)16-4-7-21-17(10-16)5-8-20-12-17/h1-2,9,16H,3-8,10-12,18H2. The van der Waals surface area contributed by atoms with Gasteiger partial charge < -0.3 is 15.2 Å². The second kappa shape index (κ2) is 5.27. The molecule has 1 aromatic rings. The average molecular weight is 288 g/mol. The molecule has 4 heteroatoms. The Morgan fingerprint density at radius 1 is 1.24 bits per heavy atom. The molecule has 2 unspecified atom stereocenters. The molecule has 0 bridgehead atoms. The molecule has 0 aliphatic carbocycles. The maximum Gasteiger partial charge on any atom is 0.0951 e. The topological polar surface area (TPSA) is 47.7 Å². The third-order valence-electron chi connectivity index (χ3n) is 5.32. The number of rotatable bonds is 1. The number of nitrogen functional groups attached to an aromatic ring is 1. The van der Waals surface area contributed by atoms with Crippen molar-refractivity contribution in [2.75, 3.05) is 32.1 Å². The average Bonchev–Trinajstić information content (AvgIpc) is 2.94. The molecule has 1 spiro atoms. The quantitative estimate of drug-likeness (QED) is 0.803. The second-order valence-corrected chi connectivity index (χ2v) is 6.73. The summed E-state index contributed by atoms with van der Waals surface area (Å²) in [7, 11) is 0. The fourth-order valence-electron chi connectivity index (χ4n) is 4.09. The van der Waals surface area contributed by atoms with E-state index in [2.05, 4.69) is 17.0 Å². The molecule has 3 aliphatic heterocycles. The van der Waals surface area contributed by atoms with Gasteiger partial charge in [0, 0.05) is 44.5 Å². The molecule has 2 atom stereocenters. The van der Waals surface area contributed by atoms with Crippen molar-refractivity contribution in [3.8, 4) is 0 Å². The van der Waals surface area contributed by atoms with E-state index in [1.807, 2.05) is 6.07 Å². The van der Waals surface area contributed by atoms with E-state index in [0.29, 0.717) is 6.04 Å². The van der Waals surface area contributed by atoms with E-state index in [1.165, 1.54) is 11.1 Å². The minimum atomic E-state index is -0.00108. The molecular weight excluding hydrogens is 264 g/mol. The van der Waals surface area contributed by atoms with E-state index in [0.717, 1.165) is 64.3 Å². The van der Waals surface area contributed by atoms with Gasteiger partial charge in [0.2, 0.25) is 0 Å². The Kier molecular flexibility index (Phi) is 3.40. The molecule has 0 saturated carbocycles. The zero-order valence-corrected chi connectivity index (χ0v) is 12.5. The number of anilines is 1. The first kappa shape index (κ1) is 13.6. The number of fused-ring (bicyclic) bond motifs is 1. The number of benzene rings is 1. The van der Waals surface area contributed by atoms with Crippen molar-refractivity contribution in [1.82, 2.24) is 4.90 Å². The van der Waals surface area contributed by atoms with E-state index in [1.54, 1.807) is 0 Å². The van der Waals surface area contributed by atoms with Gasteiger partial charge in [-0.05, 0) is 42.5 Å². The lowest BCUT2D eigenvalue weighted by Gasteiger charge is -2.43. The van der Waals surface area contributed by atoms with Gasteiger partial charge in [-0.1, -0.05) is 6.07 Å². The van der Waals surface area contributed by atoms with E-state index >= 15 is 0 Å². The van der Waals surface area contributed by atoms with Gasteiger partial charge in [-0.15, -0.1) is 0 Å². The Labute approximate surface area is 126 Å². The first-order chi connectivity index (χ1) is 10.2. The highest BCUT2D eigenvalue weighted by atomic mass is 16.6. The molecule has 21 heavy (non-hydrogen) atoms. The lowest BCUT2D eigenvalue weighted by molar-refractivity contribution is -0.108. The Morgan fingerprint density at radius 2 is 2.19 bits per heavy atom. The SMILES string of the molecule is Nc1ccc2c(c1)CN(C1CCOC3(CCOC3)C1)CC2. The van der Waals surface area contributed by atoms with Gasteiger partial charge in [0.15, 0.2) is 0 Å². The smallest absolute Gasteiger partial charge is 0.0951 e. The van der Waals surface area contributed by atoms with Crippen LogP contribution < -0.4 is 5.73 Å². The molecule has 4 rings (SSSR count). The minimum Gasteiger partial charge on any atom is -0.399 e. The summed E-state index contributed by atoms with van der Waals surface area (Å²) in [4.78, 5) is 2.63. The zero-order valence-electron chi connectivity index (χ0n) is 12.5. The molecule has 2 saturated heterocycles. The van der Waals surface area contributed by atoms with Crippen molar-refractivity contribution < 1.29 is 9.47 Å². The lowest BCUT2D eigenvalue weighted by Crippen LogP contribution is -2.50. The van der Waals surface area contributed by atoms with Crippen LogP contribution in [0.1, 0.15) is 30.4 Å². The van der Waals surface area contributed by atoms with Gasteiger partial charge in [-0.2, -0.15) is 0 Å². The number of hydrogen-bond acceptors (Lipinski definition) is 4. The molecule has 3 heterocycles. The van der Waals surface area contributed by atoms with Crippen molar-refractivity contribution in [2.24, 2.45) is 0 Å². The predicted molar refractivity (Wildman–Crippen MR) is 82.1 cm³/mol. The number of hydrogen-bond donors (Lipinski definition) is 1. The van der Waals surface area contributed by atoms with E-state index in [9.17, 15) is 0 Å². The predicted octanol–water partition coefficient (Wildman–Crippen LogP) is 1.97. The van der Waals surface area contributed by atoms with Crippen molar-refractivity contribution in [2.45, 2.75) is 43.9 Å². The number of nitrogens with two attached hydrogens (primary N) is 1. The molecule has 2 N–H and O–H groups in total. The van der Waals surface area contributed by atoms with Gasteiger partial charge in [-0.3, -0.25) is 4.90 Å². The van der Waals surface area contributed by atoms with Gasteiger partial charge in [-0.25, -0.2) is 0 Å². The van der Waals surface area contributed by atoms with Gasteiger partial charge in [0.1, 0.15) is 0 Å². The van der Waals surface area contributed by atoms with Crippen LogP contribution in [0.5, 0.6) is 0 Å². The molecule has 3 aliphatic rings. The first-order valence-electron chi connectivity index (χ1n) is 8.07. The highest BCUT2D eigenvalue weighted by Crippen LogP contribution is 2.36. The third kappa shape index (κ3) is 2.56. The van der Waals surface area contributed by atoms with Crippen molar-refractivity contribution >= 4 is 5.69 Å². The van der Waals surface area contributed by atoms with Gasteiger partial charge in [0.05, 0.1) is 12.2 Å². The summed E-state index contributed by atoms with van der Waals surface area (Å²) >= 11 is 0. The zero-order chi connectivity index (χ0) is 14.3.